The van der Waals surface area contributed by atoms with E-state index >= 15 is 0 Å². The number of hydrogen-bond acceptors (Lipinski definition) is 4. The van der Waals surface area contributed by atoms with Crippen LogP contribution in [0.25, 0.3) is 0 Å². The fourth-order valence-electron chi connectivity index (χ4n) is 3.12. The minimum Gasteiger partial charge on any atom is -0.373 e. The van der Waals surface area contributed by atoms with Crippen molar-refractivity contribution in [3.8, 4) is 0 Å². The van der Waals surface area contributed by atoms with Crippen molar-refractivity contribution in [3.05, 3.63) is 35.4 Å². The number of hydrogen-bond donors (Lipinski definition) is 3. The Morgan fingerprint density at radius 2 is 1.89 bits per heavy atom. The zero-order valence-corrected chi connectivity index (χ0v) is 18.2. The van der Waals surface area contributed by atoms with Gasteiger partial charge in [0.25, 0.3) is 0 Å². The highest BCUT2D eigenvalue weighted by atomic mass is 32.2. The summed E-state index contributed by atoms with van der Waals surface area (Å²) in [5.74, 6) is 0.740. The van der Waals surface area contributed by atoms with Crippen LogP contribution in [0.15, 0.2) is 29.3 Å². The monoisotopic (exact) mass is 410 g/mol. The fraction of sp³-hybridized carbons (Fsp3) is 0.650. The van der Waals surface area contributed by atoms with E-state index < -0.39 is 10.0 Å². The molecule has 1 fully saturated rings. The molecule has 2 rings (SSSR count). The predicted molar refractivity (Wildman–Crippen MR) is 114 cm³/mol. The molecule has 0 amide bonds. The summed E-state index contributed by atoms with van der Waals surface area (Å²) in [6, 6.07) is 7.44. The van der Waals surface area contributed by atoms with Gasteiger partial charge in [0, 0.05) is 25.7 Å². The van der Waals surface area contributed by atoms with Gasteiger partial charge in [0.05, 0.1) is 17.9 Å². The van der Waals surface area contributed by atoms with Crippen molar-refractivity contribution in [1.82, 2.24) is 15.4 Å². The third-order valence-electron chi connectivity index (χ3n) is 4.49. The molecule has 28 heavy (non-hydrogen) atoms. The van der Waals surface area contributed by atoms with Crippen molar-refractivity contribution in [2.75, 3.05) is 19.7 Å². The average molecular weight is 411 g/mol. The van der Waals surface area contributed by atoms with Crippen LogP contribution in [0.5, 0.6) is 0 Å². The van der Waals surface area contributed by atoms with Gasteiger partial charge in [-0.15, -0.1) is 0 Å². The summed E-state index contributed by atoms with van der Waals surface area (Å²) in [5, 5.41) is 6.61. The van der Waals surface area contributed by atoms with E-state index in [2.05, 4.69) is 27.3 Å². The molecule has 1 aromatic rings. The maximum atomic E-state index is 12.0. The van der Waals surface area contributed by atoms with E-state index in [1.807, 2.05) is 45.0 Å². The highest BCUT2D eigenvalue weighted by molar-refractivity contribution is 7.88. The smallest absolute Gasteiger partial charge is 0.216 e. The molecule has 0 spiro atoms. The van der Waals surface area contributed by atoms with Gasteiger partial charge in [0.2, 0.25) is 10.0 Å². The van der Waals surface area contributed by atoms with Gasteiger partial charge in [0.15, 0.2) is 5.96 Å². The SMILES string of the molecule is CCNC(=NCc1ccc(CS(=O)(=O)NC(C)C)cc1)NCC1(C)CCCO1. The molecule has 0 saturated carbocycles. The number of guanidine groups is 1. The lowest BCUT2D eigenvalue weighted by atomic mass is 10.0. The number of nitrogens with zero attached hydrogens (tertiary/aromatic N) is 1. The second kappa shape index (κ2) is 10.2. The maximum absolute atomic E-state index is 12.0. The van der Waals surface area contributed by atoms with Gasteiger partial charge in [-0.2, -0.15) is 0 Å². The first-order valence-corrected chi connectivity index (χ1v) is 11.6. The molecule has 1 aliphatic rings. The molecule has 0 aliphatic carbocycles. The standard InChI is InChI=1S/C20H34N4O3S/c1-5-21-19(23-15-20(4)11-6-12-27-20)22-13-17-7-9-18(10-8-17)14-28(25,26)24-16(2)3/h7-10,16,24H,5-6,11-15H2,1-4H3,(H2,21,22,23). The Bertz CT molecular complexity index is 739. The van der Waals surface area contributed by atoms with Crippen LogP contribution in [0.4, 0.5) is 0 Å². The summed E-state index contributed by atoms with van der Waals surface area (Å²) in [7, 11) is -3.31. The Hall–Kier alpha value is -1.64. The largest absolute Gasteiger partial charge is 0.373 e. The van der Waals surface area contributed by atoms with E-state index in [1.165, 1.54) is 0 Å². The molecule has 1 aromatic carbocycles. The average Bonchev–Trinajstić information content (AvgIpc) is 3.04. The number of ether oxygens (including phenoxy) is 1. The summed E-state index contributed by atoms with van der Waals surface area (Å²) in [6.07, 6.45) is 2.15. The summed E-state index contributed by atoms with van der Waals surface area (Å²) in [4.78, 5) is 4.63. The first-order chi connectivity index (χ1) is 13.2. The topological polar surface area (TPSA) is 91.8 Å². The van der Waals surface area contributed by atoms with E-state index in [0.29, 0.717) is 6.54 Å². The Morgan fingerprint density at radius 1 is 1.21 bits per heavy atom. The van der Waals surface area contributed by atoms with Crippen molar-refractivity contribution < 1.29 is 13.2 Å². The van der Waals surface area contributed by atoms with E-state index in [9.17, 15) is 8.42 Å². The van der Waals surface area contributed by atoms with E-state index in [0.717, 1.165) is 49.6 Å². The summed E-state index contributed by atoms with van der Waals surface area (Å²) < 4.78 is 32.5. The molecular formula is C20H34N4O3S. The number of nitrogens with one attached hydrogen (secondary N) is 3. The van der Waals surface area contributed by atoms with E-state index in [4.69, 9.17) is 4.74 Å². The highest BCUT2D eigenvalue weighted by Crippen LogP contribution is 2.23. The molecule has 0 radical (unpaired) electrons. The fourth-order valence-corrected chi connectivity index (χ4v) is 4.55. The van der Waals surface area contributed by atoms with Crippen LogP contribution in [0, 0.1) is 0 Å². The van der Waals surface area contributed by atoms with Crippen LogP contribution in [-0.4, -0.2) is 45.7 Å². The lowest BCUT2D eigenvalue weighted by Crippen LogP contribution is -2.45. The molecule has 0 bridgehead atoms. The third-order valence-corrected chi connectivity index (χ3v) is 6.03. The predicted octanol–water partition coefficient (Wildman–Crippen LogP) is 2.14. The minimum atomic E-state index is -3.31. The number of benzene rings is 1. The van der Waals surface area contributed by atoms with E-state index in [-0.39, 0.29) is 17.4 Å². The Morgan fingerprint density at radius 3 is 2.46 bits per heavy atom. The molecule has 0 aromatic heterocycles. The second-order valence-electron chi connectivity index (χ2n) is 7.80. The van der Waals surface area contributed by atoms with Crippen LogP contribution in [0.3, 0.4) is 0 Å². The molecular weight excluding hydrogens is 376 g/mol. The number of rotatable bonds is 9. The Kier molecular flexibility index (Phi) is 8.27. The quantitative estimate of drug-likeness (QED) is 0.429. The normalized spacial score (nSPS) is 20.5. The van der Waals surface area contributed by atoms with Gasteiger partial charge < -0.3 is 15.4 Å². The molecule has 7 nitrogen and oxygen atoms in total. The molecule has 1 saturated heterocycles. The lowest BCUT2D eigenvalue weighted by molar-refractivity contribution is 0.0243. The van der Waals surface area contributed by atoms with Gasteiger partial charge >= 0.3 is 0 Å². The van der Waals surface area contributed by atoms with Crippen molar-refractivity contribution >= 4 is 16.0 Å². The van der Waals surface area contributed by atoms with Crippen molar-refractivity contribution in [1.29, 1.82) is 0 Å². The molecule has 3 N–H and O–H groups in total. The summed E-state index contributed by atoms with van der Waals surface area (Å²) in [6.45, 7) is 10.6. The van der Waals surface area contributed by atoms with Gasteiger partial charge in [-0.05, 0) is 51.7 Å². The zero-order valence-electron chi connectivity index (χ0n) is 17.4. The molecule has 158 valence electrons. The maximum Gasteiger partial charge on any atom is 0.216 e. The third kappa shape index (κ3) is 7.77. The van der Waals surface area contributed by atoms with Crippen LogP contribution < -0.4 is 15.4 Å². The molecule has 1 unspecified atom stereocenters. The van der Waals surface area contributed by atoms with E-state index in [1.54, 1.807) is 0 Å². The number of sulfonamides is 1. The highest BCUT2D eigenvalue weighted by Gasteiger charge is 2.29. The van der Waals surface area contributed by atoms with Crippen LogP contribution >= 0.6 is 0 Å². The lowest BCUT2D eigenvalue weighted by Gasteiger charge is -2.24. The van der Waals surface area contributed by atoms with Gasteiger partial charge in [0.1, 0.15) is 0 Å². The zero-order chi connectivity index (χ0) is 20.6. The first-order valence-electron chi connectivity index (χ1n) is 9.95. The Balaban J connectivity index is 1.93. The first kappa shape index (κ1) is 22.6. The van der Waals surface area contributed by atoms with Crippen molar-refractivity contribution in [2.45, 2.75) is 64.5 Å². The summed E-state index contributed by atoms with van der Waals surface area (Å²) >= 11 is 0. The van der Waals surface area contributed by atoms with Gasteiger partial charge in [-0.3, -0.25) is 0 Å². The van der Waals surface area contributed by atoms with Crippen LogP contribution in [0.1, 0.15) is 51.7 Å². The second-order valence-corrected chi connectivity index (χ2v) is 9.55. The van der Waals surface area contributed by atoms with Gasteiger partial charge in [-0.1, -0.05) is 24.3 Å². The minimum absolute atomic E-state index is 0.0164. The number of aliphatic imine (C=N–C) groups is 1. The van der Waals surface area contributed by atoms with Crippen LogP contribution in [-0.2, 0) is 27.1 Å². The molecule has 1 aliphatic heterocycles. The van der Waals surface area contributed by atoms with Crippen LogP contribution in [0.2, 0.25) is 0 Å². The summed E-state index contributed by atoms with van der Waals surface area (Å²) in [5.41, 5.74) is 1.66. The van der Waals surface area contributed by atoms with Gasteiger partial charge in [-0.25, -0.2) is 18.1 Å². The molecule has 1 heterocycles. The van der Waals surface area contributed by atoms with Crippen molar-refractivity contribution in [3.63, 3.8) is 0 Å². The van der Waals surface area contributed by atoms with Crippen molar-refractivity contribution in [2.24, 2.45) is 4.99 Å². The molecule has 8 heteroatoms. The molecule has 1 atom stereocenters. The Labute approximate surface area is 169 Å².